The van der Waals surface area contributed by atoms with Gasteiger partial charge in [-0.05, 0) is 35.1 Å². The first-order chi connectivity index (χ1) is 12.6. The molecule has 0 atom stereocenters. The predicted octanol–water partition coefficient (Wildman–Crippen LogP) is 5.04. The van der Waals surface area contributed by atoms with Crippen molar-refractivity contribution in [1.29, 1.82) is 0 Å². The van der Waals surface area contributed by atoms with E-state index in [2.05, 4.69) is 48.7 Å². The first-order valence-corrected chi connectivity index (χ1v) is 8.98. The number of aromatic nitrogens is 1. The van der Waals surface area contributed by atoms with Crippen LogP contribution in [0.1, 0.15) is 52.6 Å². The van der Waals surface area contributed by atoms with E-state index in [0.29, 0.717) is 24.6 Å². The van der Waals surface area contributed by atoms with E-state index >= 15 is 0 Å². The lowest BCUT2D eigenvalue weighted by Crippen LogP contribution is -2.16. The number of hydrogen-bond donors (Lipinski definition) is 0. The molecule has 0 radical (unpaired) electrons. The molecular formula is C23H25NO2. The number of nitrogens with zero attached hydrogens (tertiary/aromatic N) is 1. The Balaban J connectivity index is 2.09. The second kappa shape index (κ2) is 8.05. The van der Waals surface area contributed by atoms with E-state index in [9.17, 15) is 4.79 Å². The summed E-state index contributed by atoms with van der Waals surface area (Å²) in [7, 11) is 1.45. The van der Waals surface area contributed by atoms with Gasteiger partial charge in [-0.1, -0.05) is 74.5 Å². The third-order valence-corrected chi connectivity index (χ3v) is 4.60. The van der Waals surface area contributed by atoms with Crippen molar-refractivity contribution < 1.29 is 9.53 Å². The highest BCUT2D eigenvalue weighted by molar-refractivity contribution is 5.90. The van der Waals surface area contributed by atoms with Crippen LogP contribution < -0.4 is 0 Å². The van der Waals surface area contributed by atoms with E-state index in [0.717, 1.165) is 11.3 Å². The summed E-state index contributed by atoms with van der Waals surface area (Å²) in [5.41, 5.74) is 5.18. The van der Waals surface area contributed by atoms with Crippen LogP contribution in [-0.2, 0) is 17.7 Å². The second-order valence-corrected chi connectivity index (χ2v) is 6.82. The highest BCUT2D eigenvalue weighted by Crippen LogP contribution is 2.27. The van der Waals surface area contributed by atoms with E-state index in [1.807, 2.05) is 36.4 Å². The molecule has 0 unspecified atom stereocenters. The Labute approximate surface area is 155 Å². The Kier molecular flexibility index (Phi) is 5.57. The van der Waals surface area contributed by atoms with Gasteiger partial charge in [-0.3, -0.25) is 0 Å². The quantitative estimate of drug-likeness (QED) is 0.585. The largest absolute Gasteiger partial charge is 0.464 e. The number of rotatable bonds is 6. The van der Waals surface area contributed by atoms with Crippen LogP contribution >= 0.6 is 0 Å². The van der Waals surface area contributed by atoms with Gasteiger partial charge in [0.15, 0.2) is 0 Å². The van der Waals surface area contributed by atoms with Gasteiger partial charge in [-0.25, -0.2) is 4.79 Å². The number of carbonyl (C=O) groups excluding carboxylic acids is 1. The van der Waals surface area contributed by atoms with Crippen molar-refractivity contribution in [2.45, 2.75) is 32.7 Å². The van der Waals surface area contributed by atoms with E-state index < -0.39 is 0 Å². The third kappa shape index (κ3) is 3.88. The number of carbonyl (C=O) groups is 1. The average molecular weight is 347 g/mol. The molecule has 3 rings (SSSR count). The van der Waals surface area contributed by atoms with Crippen LogP contribution in [0.3, 0.4) is 0 Å². The zero-order chi connectivity index (χ0) is 18.5. The van der Waals surface area contributed by atoms with Gasteiger partial charge in [0.05, 0.1) is 7.11 Å². The molecule has 0 saturated carbocycles. The van der Waals surface area contributed by atoms with Crippen molar-refractivity contribution in [2.24, 2.45) is 0 Å². The molecular weight excluding hydrogens is 322 g/mol. The number of esters is 1. The van der Waals surface area contributed by atoms with Gasteiger partial charge in [0.25, 0.3) is 0 Å². The highest BCUT2D eigenvalue weighted by atomic mass is 16.5. The van der Waals surface area contributed by atoms with Crippen LogP contribution in [0, 0.1) is 0 Å². The Bertz CT molecular complexity index is 864. The molecule has 0 aliphatic carbocycles. The Morgan fingerprint density at radius 2 is 1.54 bits per heavy atom. The summed E-state index contributed by atoms with van der Waals surface area (Å²) in [6.45, 7) is 4.97. The minimum absolute atomic E-state index is 0.279. The average Bonchev–Trinajstić information content (AvgIpc) is 3.01. The summed E-state index contributed by atoms with van der Waals surface area (Å²) >= 11 is 0. The van der Waals surface area contributed by atoms with Crippen molar-refractivity contribution >= 4 is 5.97 Å². The number of ether oxygens (including phenoxy) is 1. The van der Waals surface area contributed by atoms with Crippen LogP contribution in [-0.4, -0.2) is 17.6 Å². The molecule has 3 nitrogen and oxygen atoms in total. The zero-order valence-electron chi connectivity index (χ0n) is 15.6. The van der Waals surface area contributed by atoms with Crippen molar-refractivity contribution in [3.63, 3.8) is 0 Å². The minimum Gasteiger partial charge on any atom is -0.464 e. The normalized spacial score (nSPS) is 10.9. The first-order valence-electron chi connectivity index (χ1n) is 8.98. The van der Waals surface area contributed by atoms with Gasteiger partial charge in [-0.2, -0.15) is 0 Å². The number of benzene rings is 2. The molecule has 3 heteroatoms. The molecule has 1 heterocycles. The lowest BCUT2D eigenvalue weighted by molar-refractivity contribution is 0.0587. The maximum absolute atomic E-state index is 12.6. The Hall–Kier alpha value is -2.81. The molecule has 1 aromatic heterocycles. The van der Waals surface area contributed by atoms with Crippen molar-refractivity contribution in [3.05, 3.63) is 94.8 Å². The van der Waals surface area contributed by atoms with Crippen molar-refractivity contribution in [3.8, 4) is 0 Å². The maximum atomic E-state index is 12.6. The maximum Gasteiger partial charge on any atom is 0.354 e. The molecule has 3 aromatic rings. The molecule has 0 amide bonds. The van der Waals surface area contributed by atoms with E-state index in [1.54, 1.807) is 0 Å². The fraction of sp³-hybridized carbons (Fsp3) is 0.261. The van der Waals surface area contributed by atoms with Crippen molar-refractivity contribution in [1.82, 2.24) is 4.57 Å². The lowest BCUT2D eigenvalue weighted by Gasteiger charge is -2.15. The fourth-order valence-corrected chi connectivity index (χ4v) is 3.33. The van der Waals surface area contributed by atoms with Gasteiger partial charge >= 0.3 is 5.97 Å². The second-order valence-electron chi connectivity index (χ2n) is 6.82. The number of methoxy groups -OCH3 is 1. The Morgan fingerprint density at radius 1 is 0.962 bits per heavy atom. The zero-order valence-corrected chi connectivity index (χ0v) is 15.6. The van der Waals surface area contributed by atoms with Crippen LogP contribution in [0.5, 0.6) is 0 Å². The standard InChI is InChI=1S/C23H25NO2/c1-17(2)21-15-20(14-18-10-6-4-7-11-18)22(23(25)26-3)24(21)16-19-12-8-5-9-13-19/h4-13,15,17H,14,16H2,1-3H3. The molecule has 26 heavy (non-hydrogen) atoms. The SMILES string of the molecule is COC(=O)c1c(Cc2ccccc2)cc(C(C)C)n1Cc1ccccc1. The van der Waals surface area contributed by atoms with Gasteiger partial charge in [0, 0.05) is 12.2 Å². The summed E-state index contributed by atoms with van der Waals surface area (Å²) in [5, 5.41) is 0. The molecule has 0 saturated heterocycles. The van der Waals surface area contributed by atoms with Gasteiger partial charge in [0.1, 0.15) is 5.69 Å². The summed E-state index contributed by atoms with van der Waals surface area (Å²) in [6.07, 6.45) is 0.715. The Morgan fingerprint density at radius 3 is 2.08 bits per heavy atom. The molecule has 134 valence electrons. The summed E-state index contributed by atoms with van der Waals surface area (Å²) < 4.78 is 7.24. The summed E-state index contributed by atoms with van der Waals surface area (Å²) in [4.78, 5) is 12.6. The molecule has 0 aliphatic heterocycles. The topological polar surface area (TPSA) is 31.2 Å². The molecule has 2 aromatic carbocycles. The summed E-state index contributed by atoms with van der Waals surface area (Å²) in [5.74, 6) is 0.0328. The molecule has 0 bridgehead atoms. The monoisotopic (exact) mass is 347 g/mol. The molecule has 0 N–H and O–H groups in total. The highest BCUT2D eigenvalue weighted by Gasteiger charge is 2.23. The molecule has 0 fully saturated rings. The van der Waals surface area contributed by atoms with Gasteiger partial charge in [-0.15, -0.1) is 0 Å². The summed E-state index contributed by atoms with van der Waals surface area (Å²) in [6, 6.07) is 22.6. The van der Waals surface area contributed by atoms with Gasteiger partial charge < -0.3 is 9.30 Å². The first kappa shape index (κ1) is 18.0. The smallest absolute Gasteiger partial charge is 0.354 e. The number of hydrogen-bond acceptors (Lipinski definition) is 2. The molecule has 0 aliphatic rings. The fourth-order valence-electron chi connectivity index (χ4n) is 3.33. The third-order valence-electron chi connectivity index (χ3n) is 4.60. The van der Waals surface area contributed by atoms with E-state index in [1.165, 1.54) is 18.2 Å². The van der Waals surface area contributed by atoms with Crippen LogP contribution in [0.25, 0.3) is 0 Å². The van der Waals surface area contributed by atoms with Gasteiger partial charge in [0.2, 0.25) is 0 Å². The minimum atomic E-state index is -0.279. The van der Waals surface area contributed by atoms with Crippen LogP contribution in [0.2, 0.25) is 0 Å². The van der Waals surface area contributed by atoms with Crippen molar-refractivity contribution in [2.75, 3.05) is 7.11 Å². The van der Waals surface area contributed by atoms with Crippen LogP contribution in [0.15, 0.2) is 66.7 Å². The van der Waals surface area contributed by atoms with Crippen LogP contribution in [0.4, 0.5) is 0 Å². The van der Waals surface area contributed by atoms with E-state index in [-0.39, 0.29) is 5.97 Å². The molecule has 0 spiro atoms. The predicted molar refractivity (Wildman–Crippen MR) is 105 cm³/mol. The lowest BCUT2D eigenvalue weighted by atomic mass is 10.0. The van der Waals surface area contributed by atoms with E-state index in [4.69, 9.17) is 4.74 Å².